The summed E-state index contributed by atoms with van der Waals surface area (Å²) in [6.45, 7) is -1.54. The SMILES string of the molecule is CCOC(=O)c1ccc(CN)c(C#N)c1OC(F)F. The maximum absolute atomic E-state index is 12.4. The van der Waals surface area contributed by atoms with Crippen molar-refractivity contribution in [1.82, 2.24) is 0 Å². The molecule has 0 saturated carbocycles. The van der Waals surface area contributed by atoms with E-state index in [1.165, 1.54) is 12.1 Å². The summed E-state index contributed by atoms with van der Waals surface area (Å²) in [6.07, 6.45) is 0. The van der Waals surface area contributed by atoms with Crippen LogP contribution in [0.5, 0.6) is 5.75 Å². The second-order valence-electron chi connectivity index (χ2n) is 3.39. The largest absolute Gasteiger partial charge is 0.462 e. The zero-order valence-electron chi connectivity index (χ0n) is 10.2. The molecule has 0 fully saturated rings. The van der Waals surface area contributed by atoms with Crippen LogP contribution >= 0.6 is 0 Å². The van der Waals surface area contributed by atoms with Crippen LogP contribution in [0.15, 0.2) is 12.1 Å². The first-order chi connectivity index (χ1) is 9.04. The summed E-state index contributed by atoms with van der Waals surface area (Å²) in [5.41, 5.74) is 5.30. The van der Waals surface area contributed by atoms with Gasteiger partial charge in [0.1, 0.15) is 11.6 Å². The third-order valence-corrected chi connectivity index (χ3v) is 2.28. The Morgan fingerprint density at radius 2 is 2.21 bits per heavy atom. The molecule has 0 aliphatic carbocycles. The van der Waals surface area contributed by atoms with Crippen LogP contribution in [0.25, 0.3) is 0 Å². The van der Waals surface area contributed by atoms with Crippen LogP contribution in [0.3, 0.4) is 0 Å². The molecule has 0 atom stereocenters. The van der Waals surface area contributed by atoms with E-state index in [1.54, 1.807) is 13.0 Å². The molecule has 1 aromatic rings. The van der Waals surface area contributed by atoms with Crippen molar-refractivity contribution in [3.63, 3.8) is 0 Å². The summed E-state index contributed by atoms with van der Waals surface area (Å²) in [6, 6.07) is 4.37. The van der Waals surface area contributed by atoms with E-state index in [2.05, 4.69) is 4.74 Å². The highest BCUT2D eigenvalue weighted by Crippen LogP contribution is 2.29. The van der Waals surface area contributed by atoms with Crippen molar-refractivity contribution in [3.8, 4) is 11.8 Å². The van der Waals surface area contributed by atoms with Crippen molar-refractivity contribution in [2.75, 3.05) is 6.61 Å². The average molecular weight is 270 g/mol. The number of nitrogens with two attached hydrogens (primary N) is 1. The van der Waals surface area contributed by atoms with Crippen molar-refractivity contribution in [2.24, 2.45) is 5.73 Å². The van der Waals surface area contributed by atoms with Crippen LogP contribution in [0.4, 0.5) is 8.78 Å². The van der Waals surface area contributed by atoms with Crippen LogP contribution < -0.4 is 10.5 Å². The zero-order chi connectivity index (χ0) is 14.4. The summed E-state index contributed by atoms with van der Waals surface area (Å²) in [5, 5.41) is 9.00. The number of esters is 1. The number of carbonyl (C=O) groups is 1. The molecule has 0 aromatic heterocycles. The molecule has 0 heterocycles. The highest BCUT2D eigenvalue weighted by Gasteiger charge is 2.22. The van der Waals surface area contributed by atoms with Gasteiger partial charge in [-0.15, -0.1) is 0 Å². The molecule has 0 aliphatic rings. The van der Waals surface area contributed by atoms with Gasteiger partial charge in [-0.3, -0.25) is 0 Å². The highest BCUT2D eigenvalue weighted by molar-refractivity contribution is 5.93. The van der Waals surface area contributed by atoms with E-state index >= 15 is 0 Å². The molecule has 0 bridgehead atoms. The van der Waals surface area contributed by atoms with Crippen molar-refractivity contribution in [3.05, 3.63) is 28.8 Å². The molecule has 5 nitrogen and oxygen atoms in total. The number of hydrogen-bond acceptors (Lipinski definition) is 5. The van der Waals surface area contributed by atoms with Crippen molar-refractivity contribution in [2.45, 2.75) is 20.1 Å². The number of alkyl halides is 2. The highest BCUT2D eigenvalue weighted by atomic mass is 19.3. The van der Waals surface area contributed by atoms with Crippen molar-refractivity contribution >= 4 is 5.97 Å². The first-order valence-electron chi connectivity index (χ1n) is 5.43. The molecule has 7 heteroatoms. The number of nitriles is 1. The minimum atomic E-state index is -3.16. The summed E-state index contributed by atoms with van der Waals surface area (Å²) in [7, 11) is 0. The number of rotatable bonds is 5. The van der Waals surface area contributed by atoms with Gasteiger partial charge in [-0.05, 0) is 18.6 Å². The third kappa shape index (κ3) is 3.39. The molecule has 0 saturated heterocycles. The lowest BCUT2D eigenvalue weighted by atomic mass is 10.0. The van der Waals surface area contributed by atoms with E-state index in [0.29, 0.717) is 5.56 Å². The molecular weight excluding hydrogens is 258 g/mol. The van der Waals surface area contributed by atoms with E-state index in [4.69, 9.17) is 15.7 Å². The Labute approximate surface area is 108 Å². The van der Waals surface area contributed by atoms with Gasteiger partial charge in [-0.25, -0.2) is 4.79 Å². The maximum atomic E-state index is 12.4. The molecule has 0 unspecified atom stereocenters. The molecule has 0 amide bonds. The lowest BCUT2D eigenvalue weighted by Gasteiger charge is -2.13. The Kier molecular flexibility index (Phi) is 5.21. The smallest absolute Gasteiger partial charge is 0.387 e. The Bertz CT molecular complexity index is 512. The van der Waals surface area contributed by atoms with Crippen molar-refractivity contribution in [1.29, 1.82) is 5.26 Å². The predicted octanol–water partition coefficient (Wildman–Crippen LogP) is 1.80. The molecule has 0 radical (unpaired) electrons. The monoisotopic (exact) mass is 270 g/mol. The molecule has 19 heavy (non-hydrogen) atoms. The lowest BCUT2D eigenvalue weighted by molar-refractivity contribution is -0.0506. The van der Waals surface area contributed by atoms with E-state index in [9.17, 15) is 13.6 Å². The Hall–Kier alpha value is -2.20. The summed E-state index contributed by atoms with van der Waals surface area (Å²) >= 11 is 0. The van der Waals surface area contributed by atoms with Crippen LogP contribution in [0.1, 0.15) is 28.4 Å². The van der Waals surface area contributed by atoms with Gasteiger partial charge in [-0.2, -0.15) is 14.0 Å². The minimum absolute atomic E-state index is 0.0361. The molecule has 1 rings (SSSR count). The normalized spacial score (nSPS) is 10.1. The van der Waals surface area contributed by atoms with E-state index < -0.39 is 18.3 Å². The summed E-state index contributed by atoms with van der Waals surface area (Å²) in [5.74, 6) is -1.34. The number of ether oxygens (including phenoxy) is 2. The van der Waals surface area contributed by atoms with Gasteiger partial charge < -0.3 is 15.2 Å². The summed E-state index contributed by atoms with van der Waals surface area (Å²) < 4.78 is 33.8. The number of nitrogens with zero attached hydrogens (tertiary/aromatic N) is 1. The van der Waals surface area contributed by atoms with Crippen LogP contribution in [0.2, 0.25) is 0 Å². The Morgan fingerprint density at radius 3 is 2.68 bits per heavy atom. The molecule has 0 aliphatic heterocycles. The van der Waals surface area contributed by atoms with Gasteiger partial charge in [0.15, 0.2) is 5.75 Å². The molecule has 2 N–H and O–H groups in total. The molecule has 0 spiro atoms. The fraction of sp³-hybridized carbons (Fsp3) is 0.333. The van der Waals surface area contributed by atoms with E-state index in [0.717, 1.165) is 0 Å². The average Bonchev–Trinajstić information content (AvgIpc) is 2.37. The quantitative estimate of drug-likeness (QED) is 0.824. The standard InChI is InChI=1S/C12H12F2N2O3/c1-2-18-11(17)8-4-3-7(5-15)9(6-16)10(8)19-12(13)14/h3-4,12H,2,5,15H2,1H3. The zero-order valence-corrected chi connectivity index (χ0v) is 10.2. The second kappa shape index (κ2) is 6.66. The number of benzene rings is 1. The molecular formula is C12H12F2N2O3. The molecule has 1 aromatic carbocycles. The van der Waals surface area contributed by atoms with Gasteiger partial charge in [0.25, 0.3) is 0 Å². The first-order valence-corrected chi connectivity index (χ1v) is 5.43. The fourth-order valence-electron chi connectivity index (χ4n) is 1.50. The van der Waals surface area contributed by atoms with Crippen molar-refractivity contribution < 1.29 is 23.0 Å². The predicted molar refractivity (Wildman–Crippen MR) is 61.6 cm³/mol. The Morgan fingerprint density at radius 1 is 1.53 bits per heavy atom. The van der Waals surface area contributed by atoms with Crippen LogP contribution in [0, 0.1) is 11.3 Å². The lowest BCUT2D eigenvalue weighted by Crippen LogP contribution is -2.14. The summed E-state index contributed by atoms with van der Waals surface area (Å²) in [4.78, 5) is 11.6. The third-order valence-electron chi connectivity index (χ3n) is 2.28. The topological polar surface area (TPSA) is 85.3 Å². The number of halogens is 2. The van der Waals surface area contributed by atoms with Gasteiger partial charge in [-0.1, -0.05) is 6.07 Å². The fourth-order valence-corrected chi connectivity index (χ4v) is 1.50. The van der Waals surface area contributed by atoms with E-state index in [-0.39, 0.29) is 24.3 Å². The van der Waals surface area contributed by atoms with Crippen LogP contribution in [-0.2, 0) is 11.3 Å². The van der Waals surface area contributed by atoms with Gasteiger partial charge in [0.2, 0.25) is 0 Å². The van der Waals surface area contributed by atoms with Gasteiger partial charge in [0, 0.05) is 6.54 Å². The molecule has 102 valence electrons. The van der Waals surface area contributed by atoms with Gasteiger partial charge >= 0.3 is 12.6 Å². The second-order valence-corrected chi connectivity index (χ2v) is 3.39. The number of carbonyl (C=O) groups excluding carboxylic acids is 1. The first kappa shape index (κ1) is 14.9. The minimum Gasteiger partial charge on any atom is -0.462 e. The maximum Gasteiger partial charge on any atom is 0.387 e. The van der Waals surface area contributed by atoms with E-state index in [1.807, 2.05) is 0 Å². The number of hydrogen-bond donors (Lipinski definition) is 1. The Balaban J connectivity index is 3.38. The van der Waals surface area contributed by atoms with Crippen LogP contribution in [-0.4, -0.2) is 19.2 Å². The van der Waals surface area contributed by atoms with Gasteiger partial charge in [0.05, 0.1) is 12.2 Å².